The summed E-state index contributed by atoms with van der Waals surface area (Å²) in [6, 6.07) is 0. The first-order valence-electron chi connectivity index (χ1n) is 2.94. The minimum Gasteiger partial charge on any atom is -0.396 e. The Hall–Kier alpha value is -0.420. The summed E-state index contributed by atoms with van der Waals surface area (Å²) in [7, 11) is 0. The van der Waals surface area contributed by atoms with Crippen LogP contribution >= 0.6 is 11.6 Å². The molecule has 0 aliphatic carbocycles. The third kappa shape index (κ3) is 4.92. The van der Waals surface area contributed by atoms with Gasteiger partial charge in [0.05, 0.1) is 0 Å². The molecular formula is C5H8ClF2NO2. The Balaban J connectivity index is 3.54. The van der Waals surface area contributed by atoms with Gasteiger partial charge in [0.15, 0.2) is 0 Å². The maximum absolute atomic E-state index is 11.8. The minimum absolute atomic E-state index is 0.00234. The third-order valence-corrected chi connectivity index (χ3v) is 1.05. The molecule has 0 saturated heterocycles. The Bertz CT molecular complexity index is 137. The van der Waals surface area contributed by atoms with Crippen molar-refractivity contribution < 1.29 is 18.7 Å². The van der Waals surface area contributed by atoms with Crippen LogP contribution in [-0.4, -0.2) is 29.5 Å². The number of rotatable bonds is 4. The monoisotopic (exact) mass is 187 g/mol. The molecule has 11 heavy (non-hydrogen) atoms. The van der Waals surface area contributed by atoms with Crippen LogP contribution in [0.15, 0.2) is 0 Å². The van der Waals surface area contributed by atoms with Gasteiger partial charge in [0.1, 0.15) is 0 Å². The first kappa shape index (κ1) is 10.6. The van der Waals surface area contributed by atoms with Gasteiger partial charge in [-0.25, -0.2) is 0 Å². The minimum atomic E-state index is -3.85. The van der Waals surface area contributed by atoms with E-state index in [4.69, 9.17) is 5.11 Å². The molecule has 0 bridgehead atoms. The molecule has 0 aromatic heterocycles. The lowest BCUT2D eigenvalue weighted by Gasteiger charge is -2.07. The maximum Gasteiger partial charge on any atom is 0.399 e. The molecule has 0 spiro atoms. The smallest absolute Gasteiger partial charge is 0.396 e. The van der Waals surface area contributed by atoms with Crippen LogP contribution in [0.5, 0.6) is 0 Å². The van der Waals surface area contributed by atoms with Crippen molar-refractivity contribution in [2.45, 2.75) is 11.8 Å². The molecule has 0 fully saturated rings. The summed E-state index contributed by atoms with van der Waals surface area (Å²) in [5.74, 6) is -1.53. The second-order valence-electron chi connectivity index (χ2n) is 1.83. The molecule has 0 unspecified atom stereocenters. The number of carbonyl (C=O) groups is 1. The SMILES string of the molecule is O=C(NCCCO)C(F)(F)Cl. The van der Waals surface area contributed by atoms with Gasteiger partial charge in [0.25, 0.3) is 0 Å². The van der Waals surface area contributed by atoms with Gasteiger partial charge >= 0.3 is 11.3 Å². The average Bonchev–Trinajstić information content (AvgIpc) is 1.86. The van der Waals surface area contributed by atoms with Gasteiger partial charge < -0.3 is 10.4 Å². The lowest BCUT2D eigenvalue weighted by Crippen LogP contribution is -2.36. The highest BCUT2D eigenvalue weighted by molar-refractivity contribution is 6.32. The zero-order valence-electron chi connectivity index (χ0n) is 5.61. The molecule has 0 radical (unpaired) electrons. The van der Waals surface area contributed by atoms with Gasteiger partial charge in [-0.15, -0.1) is 0 Å². The highest BCUT2D eigenvalue weighted by Gasteiger charge is 2.35. The van der Waals surface area contributed by atoms with Crippen LogP contribution in [0.2, 0.25) is 0 Å². The maximum atomic E-state index is 11.8. The van der Waals surface area contributed by atoms with Gasteiger partial charge in [-0.2, -0.15) is 8.78 Å². The molecule has 3 nitrogen and oxygen atoms in total. The number of hydrogen-bond acceptors (Lipinski definition) is 2. The zero-order chi connectivity index (χ0) is 8.91. The summed E-state index contributed by atoms with van der Waals surface area (Å²) in [6.45, 7) is -0.161. The predicted molar refractivity (Wildman–Crippen MR) is 35.5 cm³/mol. The van der Waals surface area contributed by atoms with Gasteiger partial charge in [-0.1, -0.05) is 0 Å². The molecule has 0 aromatic rings. The van der Waals surface area contributed by atoms with Crippen molar-refractivity contribution in [1.29, 1.82) is 0 Å². The first-order chi connectivity index (χ1) is 4.98. The highest BCUT2D eigenvalue weighted by atomic mass is 35.5. The Labute approximate surface area is 67.3 Å². The number of nitrogens with one attached hydrogen (secondary N) is 1. The summed E-state index contributed by atoms with van der Waals surface area (Å²) >= 11 is 4.35. The quantitative estimate of drug-likeness (QED) is 0.492. The van der Waals surface area contributed by atoms with Crippen molar-refractivity contribution >= 4 is 17.5 Å². The average molecular weight is 188 g/mol. The fourth-order valence-electron chi connectivity index (χ4n) is 0.381. The number of halogens is 3. The number of hydrogen-bond donors (Lipinski definition) is 2. The van der Waals surface area contributed by atoms with E-state index in [1.807, 2.05) is 5.32 Å². The van der Waals surface area contributed by atoms with E-state index in [2.05, 4.69) is 11.6 Å². The van der Waals surface area contributed by atoms with Gasteiger partial charge in [0.2, 0.25) is 0 Å². The summed E-state index contributed by atoms with van der Waals surface area (Å²) in [4.78, 5) is 10.3. The van der Waals surface area contributed by atoms with Gasteiger partial charge in [0, 0.05) is 13.2 Å². The number of aliphatic hydroxyl groups is 1. The number of carbonyl (C=O) groups excluding carboxylic acids is 1. The Morgan fingerprint density at radius 2 is 2.18 bits per heavy atom. The Kier molecular flexibility index (Phi) is 4.29. The van der Waals surface area contributed by atoms with Crippen LogP contribution in [0.25, 0.3) is 0 Å². The molecule has 0 aliphatic rings. The van der Waals surface area contributed by atoms with E-state index < -0.39 is 11.3 Å². The van der Waals surface area contributed by atoms with Crippen LogP contribution in [0, 0.1) is 0 Å². The fraction of sp³-hybridized carbons (Fsp3) is 0.800. The first-order valence-corrected chi connectivity index (χ1v) is 3.32. The normalized spacial score (nSPS) is 11.3. The summed E-state index contributed by atoms with van der Waals surface area (Å²) in [6.07, 6.45) is 0.235. The molecule has 0 saturated carbocycles. The summed E-state index contributed by atoms with van der Waals surface area (Å²) in [5.41, 5.74) is 0. The molecule has 0 rings (SSSR count). The number of aliphatic hydroxyl groups excluding tert-OH is 1. The lowest BCUT2D eigenvalue weighted by molar-refractivity contribution is -0.135. The van der Waals surface area contributed by atoms with E-state index in [0.29, 0.717) is 0 Å². The molecule has 6 heteroatoms. The van der Waals surface area contributed by atoms with Crippen LogP contribution in [-0.2, 0) is 4.79 Å². The molecule has 66 valence electrons. The van der Waals surface area contributed by atoms with Crippen LogP contribution in [0.4, 0.5) is 8.78 Å². The van der Waals surface area contributed by atoms with Crippen LogP contribution < -0.4 is 5.32 Å². The van der Waals surface area contributed by atoms with E-state index in [1.54, 1.807) is 0 Å². The second-order valence-corrected chi connectivity index (χ2v) is 2.31. The summed E-state index contributed by atoms with van der Waals surface area (Å²) in [5, 5.41) is 6.20. The summed E-state index contributed by atoms with van der Waals surface area (Å²) < 4.78 is 23.7. The predicted octanol–water partition coefficient (Wildman–Crippen LogP) is 0.317. The van der Waals surface area contributed by atoms with Crippen molar-refractivity contribution in [3.8, 4) is 0 Å². The fourth-order valence-corrected chi connectivity index (χ4v) is 0.448. The molecule has 2 N–H and O–H groups in total. The lowest BCUT2D eigenvalue weighted by atomic mass is 10.4. The topological polar surface area (TPSA) is 49.3 Å². The molecule has 0 atom stereocenters. The standard InChI is InChI=1S/C5H8ClF2NO2/c6-5(7,8)4(11)9-2-1-3-10/h10H,1-3H2,(H,9,11). The third-order valence-electron chi connectivity index (χ3n) is 0.878. The van der Waals surface area contributed by atoms with Crippen molar-refractivity contribution in [2.75, 3.05) is 13.2 Å². The van der Waals surface area contributed by atoms with E-state index >= 15 is 0 Å². The Morgan fingerprint density at radius 3 is 2.55 bits per heavy atom. The van der Waals surface area contributed by atoms with E-state index in [1.165, 1.54) is 0 Å². The number of amides is 1. The molecule has 1 amide bonds. The molecule has 0 aromatic carbocycles. The molecule has 0 aliphatic heterocycles. The van der Waals surface area contributed by atoms with Crippen molar-refractivity contribution in [1.82, 2.24) is 5.32 Å². The highest BCUT2D eigenvalue weighted by Crippen LogP contribution is 2.17. The largest absolute Gasteiger partial charge is 0.399 e. The zero-order valence-corrected chi connectivity index (χ0v) is 6.37. The van der Waals surface area contributed by atoms with E-state index in [-0.39, 0.29) is 19.6 Å². The van der Waals surface area contributed by atoms with Crippen LogP contribution in [0.3, 0.4) is 0 Å². The second kappa shape index (κ2) is 4.46. The van der Waals surface area contributed by atoms with E-state index in [9.17, 15) is 13.6 Å². The Morgan fingerprint density at radius 1 is 1.64 bits per heavy atom. The van der Waals surface area contributed by atoms with Gasteiger partial charge in [-0.05, 0) is 18.0 Å². The van der Waals surface area contributed by atoms with Crippen LogP contribution in [0.1, 0.15) is 6.42 Å². The number of alkyl halides is 3. The molecular weight excluding hydrogens is 180 g/mol. The van der Waals surface area contributed by atoms with Gasteiger partial charge in [-0.3, -0.25) is 4.79 Å². The van der Waals surface area contributed by atoms with Crippen molar-refractivity contribution in [2.24, 2.45) is 0 Å². The molecule has 0 heterocycles. The van der Waals surface area contributed by atoms with Crippen molar-refractivity contribution in [3.63, 3.8) is 0 Å². The van der Waals surface area contributed by atoms with E-state index in [0.717, 1.165) is 0 Å². The van der Waals surface area contributed by atoms with Crippen molar-refractivity contribution in [3.05, 3.63) is 0 Å².